The highest BCUT2D eigenvalue weighted by molar-refractivity contribution is 5.97. The van der Waals surface area contributed by atoms with E-state index in [-0.39, 0.29) is 5.91 Å². The van der Waals surface area contributed by atoms with Crippen LogP contribution in [0.2, 0.25) is 0 Å². The highest BCUT2D eigenvalue weighted by Crippen LogP contribution is 2.19. The average Bonchev–Trinajstić information content (AvgIpc) is 2.96. The molecule has 0 atom stereocenters. The summed E-state index contributed by atoms with van der Waals surface area (Å²) in [7, 11) is 4.08. The van der Waals surface area contributed by atoms with E-state index in [2.05, 4.69) is 16.9 Å². The lowest BCUT2D eigenvalue weighted by Crippen LogP contribution is -2.37. The van der Waals surface area contributed by atoms with Crippen LogP contribution in [0.4, 0.5) is 0 Å². The van der Waals surface area contributed by atoms with Gasteiger partial charge >= 0.3 is 0 Å². The zero-order valence-electron chi connectivity index (χ0n) is 12.8. The first-order valence-corrected chi connectivity index (χ1v) is 7.64. The van der Waals surface area contributed by atoms with Crippen LogP contribution in [-0.4, -0.2) is 54.4 Å². The molecule has 0 spiro atoms. The third kappa shape index (κ3) is 3.10. The van der Waals surface area contributed by atoms with Gasteiger partial charge in [-0.2, -0.15) is 0 Å². The quantitative estimate of drug-likeness (QED) is 0.941. The smallest absolute Gasteiger partial charge is 0.253 e. The number of aromatic amines is 1. The molecule has 1 aliphatic heterocycles. The van der Waals surface area contributed by atoms with Crippen molar-refractivity contribution < 1.29 is 4.79 Å². The van der Waals surface area contributed by atoms with E-state index in [1.54, 1.807) is 0 Å². The number of carbonyl (C=O) groups excluding carboxylic acids is 1. The Balaban J connectivity index is 1.66. The molecule has 4 heteroatoms. The first kappa shape index (κ1) is 14.1. The van der Waals surface area contributed by atoms with Gasteiger partial charge in [-0.1, -0.05) is 6.07 Å². The number of rotatable bonds is 3. The molecule has 1 aliphatic rings. The molecule has 1 aromatic heterocycles. The van der Waals surface area contributed by atoms with Crippen LogP contribution in [0.1, 0.15) is 23.2 Å². The first-order valence-electron chi connectivity index (χ1n) is 7.64. The number of carbonyl (C=O) groups is 1. The molecule has 112 valence electrons. The number of likely N-dealkylation sites (tertiary alicyclic amines) is 1. The Labute approximate surface area is 125 Å². The van der Waals surface area contributed by atoms with Crippen LogP contribution in [0.25, 0.3) is 10.9 Å². The molecule has 1 aromatic carbocycles. The summed E-state index contributed by atoms with van der Waals surface area (Å²) in [5.74, 6) is 0.745. The number of hydrogen-bond acceptors (Lipinski definition) is 2. The fourth-order valence-corrected chi connectivity index (χ4v) is 3.12. The van der Waals surface area contributed by atoms with Crippen molar-refractivity contribution in [2.75, 3.05) is 33.7 Å². The van der Waals surface area contributed by atoms with Crippen molar-refractivity contribution in [3.63, 3.8) is 0 Å². The second-order valence-corrected chi connectivity index (χ2v) is 6.21. The largest absolute Gasteiger partial charge is 0.361 e. The van der Waals surface area contributed by atoms with Crippen molar-refractivity contribution >= 4 is 16.8 Å². The monoisotopic (exact) mass is 285 g/mol. The van der Waals surface area contributed by atoms with Crippen molar-refractivity contribution in [1.82, 2.24) is 14.8 Å². The molecule has 1 fully saturated rings. The van der Waals surface area contributed by atoms with Crippen LogP contribution >= 0.6 is 0 Å². The molecule has 0 bridgehead atoms. The highest BCUT2D eigenvalue weighted by Gasteiger charge is 2.21. The minimum atomic E-state index is 0.116. The number of aromatic nitrogens is 1. The Morgan fingerprint density at radius 3 is 2.86 bits per heavy atom. The summed E-state index contributed by atoms with van der Waals surface area (Å²) >= 11 is 0. The molecular formula is C17H23N3O. The van der Waals surface area contributed by atoms with E-state index in [0.717, 1.165) is 36.1 Å². The molecular weight excluding hydrogens is 262 g/mol. The van der Waals surface area contributed by atoms with Gasteiger partial charge in [0.2, 0.25) is 0 Å². The number of amides is 1. The third-order valence-corrected chi connectivity index (χ3v) is 4.52. The van der Waals surface area contributed by atoms with Gasteiger partial charge in [0, 0.05) is 30.9 Å². The normalized spacial score (nSPS) is 17.2. The molecule has 2 heterocycles. The summed E-state index contributed by atoms with van der Waals surface area (Å²) in [6.45, 7) is 3.14. The lowest BCUT2D eigenvalue weighted by atomic mass is 9.96. The topological polar surface area (TPSA) is 39.3 Å². The molecule has 1 saturated heterocycles. The molecule has 0 unspecified atom stereocenters. The second kappa shape index (κ2) is 5.90. The maximum atomic E-state index is 12.5. The minimum absolute atomic E-state index is 0.116. The predicted molar refractivity (Wildman–Crippen MR) is 85.5 cm³/mol. The lowest BCUT2D eigenvalue weighted by molar-refractivity contribution is 0.0747. The molecule has 1 N–H and O–H groups in total. The van der Waals surface area contributed by atoms with E-state index in [4.69, 9.17) is 0 Å². The Bertz CT molecular complexity index is 626. The zero-order valence-corrected chi connectivity index (χ0v) is 12.8. The highest BCUT2D eigenvalue weighted by atomic mass is 16.2. The summed E-state index contributed by atoms with van der Waals surface area (Å²) in [4.78, 5) is 19.9. The predicted octanol–water partition coefficient (Wildman–Crippen LogP) is 2.58. The van der Waals surface area contributed by atoms with Crippen molar-refractivity contribution in [1.29, 1.82) is 0 Å². The Morgan fingerprint density at radius 2 is 2.10 bits per heavy atom. The van der Waals surface area contributed by atoms with Crippen molar-refractivity contribution in [3.05, 3.63) is 36.0 Å². The third-order valence-electron chi connectivity index (χ3n) is 4.52. The van der Waals surface area contributed by atoms with Crippen molar-refractivity contribution in [3.8, 4) is 0 Å². The number of nitrogens with one attached hydrogen (secondary N) is 1. The molecule has 21 heavy (non-hydrogen) atoms. The Morgan fingerprint density at radius 1 is 1.33 bits per heavy atom. The first-order chi connectivity index (χ1) is 10.1. The molecule has 2 aromatic rings. The van der Waals surface area contributed by atoms with Gasteiger partial charge in [-0.3, -0.25) is 4.79 Å². The van der Waals surface area contributed by atoms with Gasteiger partial charge in [-0.05, 0) is 62.5 Å². The van der Waals surface area contributed by atoms with Crippen LogP contribution in [0.3, 0.4) is 0 Å². The molecule has 4 nitrogen and oxygen atoms in total. The van der Waals surface area contributed by atoms with Gasteiger partial charge in [0.1, 0.15) is 0 Å². The number of fused-ring (bicyclic) bond motifs is 1. The van der Waals surface area contributed by atoms with Crippen LogP contribution < -0.4 is 0 Å². The van der Waals surface area contributed by atoms with E-state index in [1.165, 1.54) is 12.8 Å². The minimum Gasteiger partial charge on any atom is -0.361 e. The number of nitrogens with zero attached hydrogens (tertiary/aromatic N) is 2. The van der Waals surface area contributed by atoms with Crippen LogP contribution in [0.5, 0.6) is 0 Å². The zero-order chi connectivity index (χ0) is 14.8. The maximum absolute atomic E-state index is 12.5. The van der Waals surface area contributed by atoms with Gasteiger partial charge in [-0.25, -0.2) is 0 Å². The van der Waals surface area contributed by atoms with E-state index < -0.39 is 0 Å². The van der Waals surface area contributed by atoms with Crippen molar-refractivity contribution in [2.45, 2.75) is 12.8 Å². The Hall–Kier alpha value is -1.81. The fraction of sp³-hybridized carbons (Fsp3) is 0.471. The van der Waals surface area contributed by atoms with Crippen LogP contribution in [-0.2, 0) is 0 Å². The molecule has 3 rings (SSSR count). The van der Waals surface area contributed by atoms with Gasteiger partial charge in [-0.15, -0.1) is 0 Å². The Kier molecular flexibility index (Phi) is 3.97. The van der Waals surface area contributed by atoms with Crippen LogP contribution in [0.15, 0.2) is 30.5 Å². The maximum Gasteiger partial charge on any atom is 0.253 e. The van der Waals surface area contributed by atoms with Crippen molar-refractivity contribution in [2.24, 2.45) is 5.92 Å². The standard InChI is InChI=1S/C17H23N3O/c1-19-9-6-13(7-10-19)12-20(2)17(21)15-4-3-14-5-8-18-16(14)11-15/h3-5,8,11,13,18H,6-7,9-10,12H2,1-2H3. The van der Waals surface area contributed by atoms with E-state index in [9.17, 15) is 4.79 Å². The van der Waals surface area contributed by atoms with Gasteiger partial charge in [0.25, 0.3) is 5.91 Å². The van der Waals surface area contributed by atoms with Gasteiger partial charge < -0.3 is 14.8 Å². The van der Waals surface area contributed by atoms with E-state index in [1.807, 2.05) is 42.4 Å². The molecule has 0 aliphatic carbocycles. The number of hydrogen-bond donors (Lipinski definition) is 1. The van der Waals surface area contributed by atoms with E-state index in [0.29, 0.717) is 5.92 Å². The summed E-state index contributed by atoms with van der Waals surface area (Å²) in [6.07, 6.45) is 4.27. The SMILES string of the molecule is CN1CCC(CN(C)C(=O)c2ccc3cc[nH]c3c2)CC1. The number of piperidine rings is 1. The molecule has 1 amide bonds. The van der Waals surface area contributed by atoms with Crippen LogP contribution in [0, 0.1) is 5.92 Å². The molecule has 0 saturated carbocycles. The number of H-pyrrole nitrogens is 1. The number of benzene rings is 1. The summed E-state index contributed by atoms with van der Waals surface area (Å²) in [5.41, 5.74) is 1.79. The summed E-state index contributed by atoms with van der Waals surface area (Å²) in [6, 6.07) is 7.89. The lowest BCUT2D eigenvalue weighted by Gasteiger charge is -2.31. The van der Waals surface area contributed by atoms with Gasteiger partial charge in [0.15, 0.2) is 0 Å². The van der Waals surface area contributed by atoms with Gasteiger partial charge in [0.05, 0.1) is 0 Å². The van der Waals surface area contributed by atoms with E-state index >= 15 is 0 Å². The second-order valence-electron chi connectivity index (χ2n) is 6.21. The average molecular weight is 285 g/mol. The fourth-order valence-electron chi connectivity index (χ4n) is 3.12. The summed E-state index contributed by atoms with van der Waals surface area (Å²) in [5, 5.41) is 1.14. The summed E-state index contributed by atoms with van der Waals surface area (Å²) < 4.78 is 0. The molecule has 0 radical (unpaired) electrons.